The van der Waals surface area contributed by atoms with Crippen LogP contribution in [0.5, 0.6) is 0 Å². The van der Waals surface area contributed by atoms with Crippen LogP contribution in [0.1, 0.15) is 42.0 Å². The van der Waals surface area contributed by atoms with Crippen molar-refractivity contribution in [1.29, 1.82) is 0 Å². The van der Waals surface area contributed by atoms with Crippen molar-refractivity contribution in [2.45, 2.75) is 46.6 Å². The Balaban J connectivity index is 2.28. The van der Waals surface area contributed by atoms with Crippen LogP contribution in [0.25, 0.3) is 0 Å². The second kappa shape index (κ2) is 5.97. The highest BCUT2D eigenvalue weighted by Gasteiger charge is 2.20. The lowest BCUT2D eigenvalue weighted by Gasteiger charge is -2.20. The summed E-state index contributed by atoms with van der Waals surface area (Å²) in [5.41, 5.74) is 0.937. The van der Waals surface area contributed by atoms with E-state index in [9.17, 15) is 0 Å². The number of anilines is 2. The van der Waals surface area contributed by atoms with Gasteiger partial charge in [-0.2, -0.15) is 0 Å². The molecule has 0 aliphatic rings. The number of nitrogens with zero attached hydrogens (tertiary/aromatic N) is 3. The van der Waals surface area contributed by atoms with Crippen LogP contribution in [0.15, 0.2) is 6.20 Å². The van der Waals surface area contributed by atoms with Crippen molar-refractivity contribution in [2.24, 2.45) is 0 Å². The van der Waals surface area contributed by atoms with Crippen LogP contribution in [-0.4, -0.2) is 22.0 Å². The number of thiazole rings is 1. The van der Waals surface area contributed by atoms with Crippen molar-refractivity contribution in [2.75, 3.05) is 17.7 Å². The van der Waals surface area contributed by atoms with Gasteiger partial charge in [0.05, 0.1) is 6.54 Å². The van der Waals surface area contributed by atoms with Gasteiger partial charge in [0.2, 0.25) is 0 Å². The number of aryl methyl sites for hydroxylation is 1. The summed E-state index contributed by atoms with van der Waals surface area (Å²) >= 11 is 1.70. The Labute approximate surface area is 130 Å². The molecule has 0 bridgehead atoms. The lowest BCUT2D eigenvalue weighted by atomic mass is 9.95. The third-order valence-electron chi connectivity index (χ3n) is 3.13. The van der Waals surface area contributed by atoms with E-state index in [0.29, 0.717) is 6.54 Å². The van der Waals surface area contributed by atoms with Gasteiger partial charge >= 0.3 is 0 Å². The fourth-order valence-electron chi connectivity index (χ4n) is 1.91. The van der Waals surface area contributed by atoms with Crippen LogP contribution in [0.4, 0.5) is 11.6 Å². The second-order valence-electron chi connectivity index (χ2n) is 6.09. The van der Waals surface area contributed by atoms with Crippen molar-refractivity contribution in [3.63, 3.8) is 0 Å². The first-order valence-electron chi connectivity index (χ1n) is 7.03. The summed E-state index contributed by atoms with van der Waals surface area (Å²) < 4.78 is 0. The minimum atomic E-state index is -0.0898. The minimum absolute atomic E-state index is 0.0898. The van der Waals surface area contributed by atoms with Gasteiger partial charge in [0.15, 0.2) is 0 Å². The molecule has 0 unspecified atom stereocenters. The summed E-state index contributed by atoms with van der Waals surface area (Å²) in [6.07, 6.45) is 1.90. The van der Waals surface area contributed by atoms with Crippen LogP contribution in [-0.2, 0) is 12.0 Å². The van der Waals surface area contributed by atoms with Crippen molar-refractivity contribution in [1.82, 2.24) is 15.0 Å². The van der Waals surface area contributed by atoms with Crippen molar-refractivity contribution in [3.8, 4) is 0 Å². The maximum atomic E-state index is 4.69. The largest absolute Gasteiger partial charge is 0.373 e. The molecule has 0 spiro atoms. The molecule has 21 heavy (non-hydrogen) atoms. The monoisotopic (exact) mass is 305 g/mol. The molecule has 2 aromatic rings. The maximum Gasteiger partial charge on any atom is 0.138 e. The SMILES string of the molecule is CNc1nc(C(C)(C)C)nc(NCc2ncc(C)s2)c1C. The fourth-order valence-corrected chi connectivity index (χ4v) is 2.64. The predicted molar refractivity (Wildman–Crippen MR) is 89.2 cm³/mol. The Morgan fingerprint density at radius 1 is 1.14 bits per heavy atom. The van der Waals surface area contributed by atoms with Gasteiger partial charge < -0.3 is 10.6 Å². The minimum Gasteiger partial charge on any atom is -0.373 e. The van der Waals surface area contributed by atoms with Gasteiger partial charge in [0.1, 0.15) is 22.5 Å². The Kier molecular flexibility index (Phi) is 4.46. The highest BCUT2D eigenvalue weighted by Crippen LogP contribution is 2.26. The lowest BCUT2D eigenvalue weighted by Crippen LogP contribution is -2.19. The van der Waals surface area contributed by atoms with Crippen LogP contribution in [0.3, 0.4) is 0 Å². The van der Waals surface area contributed by atoms with Gasteiger partial charge in [-0.15, -0.1) is 11.3 Å². The van der Waals surface area contributed by atoms with E-state index >= 15 is 0 Å². The van der Waals surface area contributed by atoms with E-state index < -0.39 is 0 Å². The second-order valence-corrected chi connectivity index (χ2v) is 7.41. The van der Waals surface area contributed by atoms with E-state index in [2.05, 4.69) is 53.3 Å². The molecule has 0 atom stereocenters. The molecular weight excluding hydrogens is 282 g/mol. The zero-order chi connectivity index (χ0) is 15.6. The van der Waals surface area contributed by atoms with Gasteiger partial charge in [0, 0.05) is 29.1 Å². The van der Waals surface area contributed by atoms with Crippen LogP contribution < -0.4 is 10.6 Å². The van der Waals surface area contributed by atoms with Crippen molar-refractivity contribution in [3.05, 3.63) is 27.5 Å². The average molecular weight is 305 g/mol. The van der Waals surface area contributed by atoms with E-state index in [1.54, 1.807) is 11.3 Å². The van der Waals surface area contributed by atoms with Gasteiger partial charge in [-0.05, 0) is 13.8 Å². The molecule has 0 fully saturated rings. The van der Waals surface area contributed by atoms with E-state index in [-0.39, 0.29) is 5.41 Å². The number of aromatic nitrogens is 3. The summed E-state index contributed by atoms with van der Waals surface area (Å²) in [7, 11) is 1.88. The molecule has 0 radical (unpaired) electrons. The van der Waals surface area contributed by atoms with E-state index in [0.717, 1.165) is 28.0 Å². The first-order chi connectivity index (χ1) is 9.81. The summed E-state index contributed by atoms with van der Waals surface area (Å²) in [5.74, 6) is 2.56. The lowest BCUT2D eigenvalue weighted by molar-refractivity contribution is 0.546. The van der Waals surface area contributed by atoms with Gasteiger partial charge in [-0.1, -0.05) is 20.8 Å². The molecule has 0 saturated carbocycles. The Morgan fingerprint density at radius 3 is 2.33 bits per heavy atom. The predicted octanol–water partition coefficient (Wildman–Crippen LogP) is 3.50. The van der Waals surface area contributed by atoms with Gasteiger partial charge in [-0.25, -0.2) is 15.0 Å². The maximum absolute atomic E-state index is 4.69. The molecule has 2 aromatic heterocycles. The summed E-state index contributed by atoms with van der Waals surface area (Å²) in [4.78, 5) is 14.9. The van der Waals surface area contributed by atoms with E-state index in [1.165, 1.54) is 4.88 Å². The molecule has 0 saturated heterocycles. The van der Waals surface area contributed by atoms with Crippen molar-refractivity contribution >= 4 is 23.0 Å². The zero-order valence-corrected chi connectivity index (χ0v) is 14.4. The molecule has 5 nitrogen and oxygen atoms in total. The molecule has 2 heterocycles. The highest BCUT2D eigenvalue weighted by atomic mass is 32.1. The molecule has 0 amide bonds. The summed E-state index contributed by atoms with van der Waals surface area (Å²) in [6.45, 7) is 11.1. The normalized spacial score (nSPS) is 11.5. The molecule has 0 aliphatic heterocycles. The first kappa shape index (κ1) is 15.7. The molecule has 2 N–H and O–H groups in total. The van der Waals surface area contributed by atoms with Gasteiger partial charge in [0.25, 0.3) is 0 Å². The quantitative estimate of drug-likeness (QED) is 0.905. The third-order valence-corrected chi connectivity index (χ3v) is 4.04. The van der Waals surface area contributed by atoms with Crippen LogP contribution >= 0.6 is 11.3 Å². The van der Waals surface area contributed by atoms with Crippen LogP contribution in [0, 0.1) is 13.8 Å². The smallest absolute Gasteiger partial charge is 0.138 e. The van der Waals surface area contributed by atoms with Crippen molar-refractivity contribution < 1.29 is 0 Å². The number of hydrogen-bond acceptors (Lipinski definition) is 6. The molecule has 114 valence electrons. The van der Waals surface area contributed by atoms with Gasteiger partial charge in [-0.3, -0.25) is 0 Å². The Hall–Kier alpha value is -1.69. The Morgan fingerprint density at radius 2 is 1.81 bits per heavy atom. The molecule has 6 heteroatoms. The zero-order valence-electron chi connectivity index (χ0n) is 13.5. The molecule has 0 aliphatic carbocycles. The van der Waals surface area contributed by atoms with Crippen LogP contribution in [0.2, 0.25) is 0 Å². The van der Waals surface area contributed by atoms with E-state index in [1.807, 2.05) is 20.2 Å². The number of rotatable bonds is 4. The topological polar surface area (TPSA) is 62.7 Å². The standard InChI is InChI=1S/C15H23N5S/c1-9-7-17-11(21-9)8-18-13-10(2)12(16-6)19-14(20-13)15(3,4)5/h7H,8H2,1-6H3,(H2,16,18,19,20). The van der Waals surface area contributed by atoms with E-state index in [4.69, 9.17) is 0 Å². The third kappa shape index (κ3) is 3.69. The first-order valence-corrected chi connectivity index (χ1v) is 7.85. The summed E-state index contributed by atoms with van der Waals surface area (Å²) in [6, 6.07) is 0. The highest BCUT2D eigenvalue weighted by molar-refractivity contribution is 7.11. The molecule has 2 rings (SSSR count). The number of nitrogens with one attached hydrogen (secondary N) is 2. The Bertz CT molecular complexity index is 627. The average Bonchev–Trinajstić information content (AvgIpc) is 2.82. The molecule has 0 aromatic carbocycles. The number of hydrogen-bond donors (Lipinski definition) is 2. The fraction of sp³-hybridized carbons (Fsp3) is 0.533. The molecular formula is C15H23N5S. The summed E-state index contributed by atoms with van der Waals surface area (Å²) in [5, 5.41) is 7.60.